The number of nitrogens with zero attached hydrogens (tertiary/aromatic N) is 3. The highest BCUT2D eigenvalue weighted by Crippen LogP contribution is 2.37. The Kier molecular flexibility index (Phi) is 4.82. The smallest absolute Gasteiger partial charge is 0.185 e. The summed E-state index contributed by atoms with van der Waals surface area (Å²) in [7, 11) is 2.22. The highest BCUT2D eigenvalue weighted by molar-refractivity contribution is 7.15. The Hall–Kier alpha value is -0.650. The van der Waals surface area contributed by atoms with Gasteiger partial charge in [-0.1, -0.05) is 6.92 Å². The van der Waals surface area contributed by atoms with Gasteiger partial charge in [-0.3, -0.25) is 0 Å². The molecule has 1 aromatic rings. The Morgan fingerprint density at radius 2 is 2.24 bits per heavy atom. The number of nitrogens with one attached hydrogen (secondary N) is 1. The van der Waals surface area contributed by atoms with Crippen molar-refractivity contribution in [3.8, 4) is 0 Å². The van der Waals surface area contributed by atoms with Gasteiger partial charge in [0, 0.05) is 30.6 Å². The molecule has 2 aliphatic rings. The molecule has 2 atom stereocenters. The van der Waals surface area contributed by atoms with Crippen LogP contribution in [0.3, 0.4) is 0 Å². The maximum absolute atomic E-state index is 5.03. The molecule has 1 aliphatic heterocycles. The van der Waals surface area contributed by atoms with Gasteiger partial charge < -0.3 is 15.1 Å². The first-order chi connectivity index (χ1) is 10.2. The zero-order chi connectivity index (χ0) is 14.8. The molecule has 0 bridgehead atoms. The maximum atomic E-state index is 5.03. The second-order valence-electron chi connectivity index (χ2n) is 6.48. The molecule has 2 heterocycles. The van der Waals surface area contributed by atoms with Crippen LogP contribution in [-0.4, -0.2) is 49.2 Å². The molecule has 1 fully saturated rings. The van der Waals surface area contributed by atoms with Gasteiger partial charge in [0.25, 0.3) is 0 Å². The van der Waals surface area contributed by atoms with Crippen molar-refractivity contribution < 1.29 is 0 Å². The summed E-state index contributed by atoms with van der Waals surface area (Å²) in [6.45, 7) is 9.00. The Bertz CT molecular complexity index is 473. The number of hydrogen-bond acceptors (Lipinski definition) is 5. The summed E-state index contributed by atoms with van der Waals surface area (Å²) in [5, 5.41) is 4.93. The second kappa shape index (κ2) is 6.63. The molecule has 1 saturated heterocycles. The number of rotatable bonds is 4. The van der Waals surface area contributed by atoms with Crippen molar-refractivity contribution in [3.05, 3.63) is 10.6 Å². The number of piperazine rings is 1. The van der Waals surface area contributed by atoms with Gasteiger partial charge in [0.05, 0.1) is 11.7 Å². The first kappa shape index (κ1) is 15.3. The van der Waals surface area contributed by atoms with Crippen LogP contribution in [0.4, 0.5) is 5.13 Å². The van der Waals surface area contributed by atoms with Gasteiger partial charge in [-0.2, -0.15) is 0 Å². The Balaban J connectivity index is 1.75. The molecule has 0 aromatic carbocycles. The van der Waals surface area contributed by atoms with E-state index in [2.05, 4.69) is 36.0 Å². The van der Waals surface area contributed by atoms with Gasteiger partial charge in [-0.15, -0.1) is 11.3 Å². The van der Waals surface area contributed by atoms with Crippen LogP contribution >= 0.6 is 11.3 Å². The van der Waals surface area contributed by atoms with Crippen LogP contribution in [-0.2, 0) is 6.42 Å². The van der Waals surface area contributed by atoms with Crippen LogP contribution in [0.15, 0.2) is 0 Å². The number of anilines is 1. The molecule has 4 nitrogen and oxygen atoms in total. The number of thiazole rings is 1. The van der Waals surface area contributed by atoms with Crippen LogP contribution < -0.4 is 10.2 Å². The van der Waals surface area contributed by atoms with E-state index in [9.17, 15) is 0 Å². The molecule has 1 aromatic heterocycles. The van der Waals surface area contributed by atoms with Crippen LogP contribution in [0.2, 0.25) is 0 Å². The third-order valence-corrected chi connectivity index (χ3v) is 6.01. The van der Waals surface area contributed by atoms with Gasteiger partial charge in [0.15, 0.2) is 5.13 Å². The molecule has 0 saturated carbocycles. The molecule has 2 unspecified atom stereocenters. The highest BCUT2D eigenvalue weighted by atomic mass is 32.1. The van der Waals surface area contributed by atoms with Crippen molar-refractivity contribution in [2.45, 2.75) is 51.6 Å². The van der Waals surface area contributed by atoms with E-state index in [-0.39, 0.29) is 0 Å². The summed E-state index contributed by atoms with van der Waals surface area (Å²) in [4.78, 5) is 11.5. The summed E-state index contributed by atoms with van der Waals surface area (Å²) >= 11 is 1.94. The standard InChI is InChI=1S/C16H28N4S/c1-4-8-17-13-6-5-7-14-15(13)18-16(21-14)20-10-9-19(3)12(2)11-20/h12-13,17H,4-11H2,1-3H3. The average Bonchev–Trinajstić information content (AvgIpc) is 2.92. The van der Waals surface area contributed by atoms with E-state index in [1.54, 1.807) is 0 Å². The molecule has 0 spiro atoms. The minimum absolute atomic E-state index is 0.489. The lowest BCUT2D eigenvalue weighted by Gasteiger charge is -2.37. The van der Waals surface area contributed by atoms with Gasteiger partial charge in [-0.05, 0) is 46.2 Å². The van der Waals surface area contributed by atoms with Crippen molar-refractivity contribution in [3.63, 3.8) is 0 Å². The van der Waals surface area contributed by atoms with Crippen LogP contribution in [0.25, 0.3) is 0 Å². The van der Waals surface area contributed by atoms with Gasteiger partial charge in [0.2, 0.25) is 0 Å². The molecule has 1 N–H and O–H groups in total. The number of aryl methyl sites for hydroxylation is 1. The number of fused-ring (bicyclic) bond motifs is 1. The Labute approximate surface area is 132 Å². The molecule has 0 amide bonds. The van der Waals surface area contributed by atoms with Crippen molar-refractivity contribution in [2.75, 3.05) is 38.1 Å². The van der Waals surface area contributed by atoms with Gasteiger partial charge in [-0.25, -0.2) is 4.98 Å². The summed E-state index contributed by atoms with van der Waals surface area (Å²) in [5.41, 5.74) is 1.35. The SMILES string of the molecule is CCCNC1CCCc2sc(N3CCN(C)C(C)C3)nc21. The van der Waals surface area contributed by atoms with Crippen LogP contribution in [0.1, 0.15) is 49.7 Å². The minimum Gasteiger partial charge on any atom is -0.345 e. The Morgan fingerprint density at radius 3 is 3.00 bits per heavy atom. The zero-order valence-corrected chi connectivity index (χ0v) is 14.4. The number of hydrogen-bond donors (Lipinski definition) is 1. The van der Waals surface area contributed by atoms with Crippen LogP contribution in [0.5, 0.6) is 0 Å². The number of aromatic nitrogens is 1. The van der Waals surface area contributed by atoms with E-state index in [1.165, 1.54) is 41.4 Å². The normalized spacial score (nSPS) is 26.9. The fourth-order valence-corrected chi connectivity index (χ4v) is 4.48. The van der Waals surface area contributed by atoms with Crippen molar-refractivity contribution in [1.82, 2.24) is 15.2 Å². The zero-order valence-electron chi connectivity index (χ0n) is 13.6. The fraction of sp³-hybridized carbons (Fsp3) is 0.812. The third-order valence-electron chi connectivity index (χ3n) is 4.81. The van der Waals surface area contributed by atoms with E-state index >= 15 is 0 Å². The van der Waals surface area contributed by atoms with Gasteiger partial charge in [0.1, 0.15) is 0 Å². The molecule has 118 valence electrons. The minimum atomic E-state index is 0.489. The molecular formula is C16H28N4S. The molecule has 1 aliphatic carbocycles. The van der Waals surface area contributed by atoms with E-state index in [1.807, 2.05) is 11.3 Å². The predicted molar refractivity (Wildman–Crippen MR) is 90.4 cm³/mol. The van der Waals surface area contributed by atoms with Crippen molar-refractivity contribution in [1.29, 1.82) is 0 Å². The predicted octanol–water partition coefficient (Wildman–Crippen LogP) is 2.66. The topological polar surface area (TPSA) is 31.4 Å². The maximum Gasteiger partial charge on any atom is 0.185 e. The quantitative estimate of drug-likeness (QED) is 0.926. The summed E-state index contributed by atoms with van der Waals surface area (Å²) in [5.74, 6) is 0. The highest BCUT2D eigenvalue weighted by Gasteiger charge is 2.28. The lowest BCUT2D eigenvalue weighted by Crippen LogP contribution is -2.50. The van der Waals surface area contributed by atoms with E-state index in [0.29, 0.717) is 12.1 Å². The lowest BCUT2D eigenvalue weighted by molar-refractivity contribution is 0.234. The summed E-state index contributed by atoms with van der Waals surface area (Å²) < 4.78 is 0. The monoisotopic (exact) mass is 308 g/mol. The molecule has 5 heteroatoms. The van der Waals surface area contributed by atoms with E-state index in [0.717, 1.165) is 26.2 Å². The lowest BCUT2D eigenvalue weighted by atomic mass is 9.97. The van der Waals surface area contributed by atoms with Crippen molar-refractivity contribution >= 4 is 16.5 Å². The largest absolute Gasteiger partial charge is 0.345 e. The van der Waals surface area contributed by atoms with E-state index < -0.39 is 0 Å². The average molecular weight is 308 g/mol. The first-order valence-electron chi connectivity index (χ1n) is 8.37. The Morgan fingerprint density at radius 1 is 1.38 bits per heavy atom. The fourth-order valence-electron chi connectivity index (χ4n) is 3.28. The molecule has 3 rings (SSSR count). The third kappa shape index (κ3) is 3.25. The molecule has 0 radical (unpaired) electrons. The molecular weight excluding hydrogens is 280 g/mol. The molecule has 21 heavy (non-hydrogen) atoms. The van der Waals surface area contributed by atoms with Crippen LogP contribution in [0, 0.1) is 0 Å². The number of likely N-dealkylation sites (N-methyl/N-ethyl adjacent to an activating group) is 1. The van der Waals surface area contributed by atoms with E-state index in [4.69, 9.17) is 4.98 Å². The van der Waals surface area contributed by atoms with Gasteiger partial charge >= 0.3 is 0 Å². The van der Waals surface area contributed by atoms with Crippen molar-refractivity contribution in [2.24, 2.45) is 0 Å². The summed E-state index contributed by atoms with van der Waals surface area (Å²) in [6.07, 6.45) is 4.96. The summed E-state index contributed by atoms with van der Waals surface area (Å²) in [6, 6.07) is 1.11. The first-order valence-corrected chi connectivity index (χ1v) is 9.19. The second-order valence-corrected chi connectivity index (χ2v) is 7.54.